The quantitative estimate of drug-likeness (QED) is 0.462. The fourth-order valence-corrected chi connectivity index (χ4v) is 1.50. The van der Waals surface area contributed by atoms with Crippen LogP contribution in [0.1, 0.15) is 25.1 Å². The van der Waals surface area contributed by atoms with Crippen molar-refractivity contribution < 1.29 is 28.8 Å². The van der Waals surface area contributed by atoms with E-state index >= 15 is 0 Å². The number of carbonyl (C=O) groups is 1. The first-order chi connectivity index (χ1) is 5.76. The molecular weight excluding hydrogens is 165 g/mol. The fourth-order valence-electron chi connectivity index (χ4n) is 1.50. The van der Waals surface area contributed by atoms with Gasteiger partial charge in [-0.1, -0.05) is 6.42 Å². The van der Waals surface area contributed by atoms with Crippen LogP contribution in [0.25, 0.3) is 0 Å². The Labute approximate surface area is 87.1 Å². The summed E-state index contributed by atoms with van der Waals surface area (Å²) in [6.07, 6.45) is 3.43. The first kappa shape index (κ1) is 10.3. The van der Waals surface area contributed by atoms with Crippen LogP contribution in [0.5, 0.6) is 0 Å². The molecule has 0 radical (unpaired) electrons. The number of carbonyl (C=O) groups excluding carboxylic acids is 1. The van der Waals surface area contributed by atoms with E-state index in [9.17, 15) is 9.90 Å². The van der Waals surface area contributed by atoms with E-state index in [0.29, 0.717) is 18.7 Å². The van der Waals surface area contributed by atoms with Crippen molar-refractivity contribution in [2.24, 2.45) is 0 Å². The van der Waals surface area contributed by atoms with Crippen LogP contribution in [0.3, 0.4) is 0 Å². The minimum absolute atomic E-state index is 0. The van der Waals surface area contributed by atoms with E-state index in [1.165, 1.54) is 6.33 Å². The van der Waals surface area contributed by atoms with Crippen molar-refractivity contribution >= 4 is 5.97 Å². The van der Waals surface area contributed by atoms with Gasteiger partial charge in [0, 0.05) is 0 Å². The summed E-state index contributed by atoms with van der Waals surface area (Å²) in [4.78, 5) is 14.6. The molecule has 1 aliphatic rings. The van der Waals surface area contributed by atoms with Crippen molar-refractivity contribution in [1.29, 1.82) is 0 Å². The van der Waals surface area contributed by atoms with Crippen molar-refractivity contribution in [3.8, 4) is 0 Å². The number of hydrogen-bond donors (Lipinski definition) is 1. The monoisotopic (exact) mass is 173 g/mol. The maximum atomic E-state index is 10.8. The van der Waals surface area contributed by atoms with Gasteiger partial charge in [0.05, 0.1) is 11.4 Å². The summed E-state index contributed by atoms with van der Waals surface area (Å²) in [7, 11) is 0. The van der Waals surface area contributed by atoms with Crippen molar-refractivity contribution in [1.82, 2.24) is 15.2 Å². The van der Waals surface area contributed by atoms with Crippen LogP contribution in [0.4, 0.5) is 0 Å². The predicted molar refractivity (Wildman–Crippen MR) is 36.9 cm³/mol. The Morgan fingerprint density at radius 1 is 1.62 bits per heavy atom. The molecule has 0 aliphatic heterocycles. The Morgan fingerprint density at radius 3 is 2.62 bits per heavy atom. The number of hydrogen-bond acceptors (Lipinski definition) is 4. The minimum atomic E-state index is -1.05. The number of aliphatic carboxylic acids is 1. The van der Waals surface area contributed by atoms with E-state index < -0.39 is 11.4 Å². The molecule has 1 saturated carbocycles. The van der Waals surface area contributed by atoms with Gasteiger partial charge in [-0.25, -0.2) is 4.98 Å². The Kier molecular flexibility index (Phi) is 2.79. The van der Waals surface area contributed by atoms with Crippen molar-refractivity contribution in [3.05, 3.63) is 12.2 Å². The number of carboxylic acid groups (broad SMARTS) is 1. The van der Waals surface area contributed by atoms with E-state index in [1.54, 1.807) is 0 Å². The molecule has 1 N–H and O–H groups in total. The number of carboxylic acids is 1. The molecule has 2 rings (SSSR count). The molecule has 0 bridgehead atoms. The molecule has 64 valence electrons. The molecule has 0 unspecified atom stereocenters. The summed E-state index contributed by atoms with van der Waals surface area (Å²) < 4.78 is 0. The number of H-pyrrole nitrogens is 1. The molecule has 1 heterocycles. The first-order valence-corrected chi connectivity index (χ1v) is 3.83. The molecule has 1 aromatic heterocycles. The zero-order valence-electron chi connectivity index (χ0n) is 7.41. The van der Waals surface area contributed by atoms with Gasteiger partial charge in [0.15, 0.2) is 0 Å². The number of nitrogens with zero attached hydrogens (tertiary/aromatic N) is 2. The maximum Gasteiger partial charge on any atom is 1.00 e. The molecule has 13 heavy (non-hydrogen) atoms. The maximum absolute atomic E-state index is 10.8. The predicted octanol–water partition coefficient (Wildman–Crippen LogP) is -4.02. The average molecular weight is 173 g/mol. The molecule has 6 heteroatoms. The van der Waals surface area contributed by atoms with Crippen LogP contribution < -0.4 is 24.0 Å². The molecule has 5 nitrogen and oxygen atoms in total. The van der Waals surface area contributed by atoms with Crippen LogP contribution in [0, 0.1) is 0 Å². The van der Waals surface area contributed by atoms with E-state index in [-0.39, 0.29) is 18.9 Å². The first-order valence-electron chi connectivity index (χ1n) is 3.83. The third kappa shape index (κ3) is 1.38. The normalized spacial score (nSPS) is 18.5. The van der Waals surface area contributed by atoms with Crippen LogP contribution in [-0.2, 0) is 10.2 Å². The van der Waals surface area contributed by atoms with Crippen LogP contribution >= 0.6 is 0 Å². The molecule has 0 spiro atoms. The molecule has 0 saturated heterocycles. The van der Waals surface area contributed by atoms with Gasteiger partial charge in [0.25, 0.3) is 0 Å². The van der Waals surface area contributed by atoms with E-state index in [0.717, 1.165) is 6.42 Å². The Morgan fingerprint density at radius 2 is 2.31 bits per heavy atom. The van der Waals surface area contributed by atoms with Gasteiger partial charge in [-0.2, -0.15) is 5.10 Å². The summed E-state index contributed by atoms with van der Waals surface area (Å²) >= 11 is 0. The smallest absolute Gasteiger partial charge is 0.549 e. The molecule has 1 aliphatic carbocycles. The minimum Gasteiger partial charge on any atom is -0.549 e. The third-order valence-electron chi connectivity index (χ3n) is 2.47. The Balaban J connectivity index is 0.000000845. The Bertz CT molecular complexity index is 295. The summed E-state index contributed by atoms with van der Waals surface area (Å²) in [6, 6.07) is 0. The van der Waals surface area contributed by atoms with Gasteiger partial charge >= 0.3 is 18.9 Å². The summed E-state index contributed by atoms with van der Waals surface area (Å²) in [5.41, 5.74) is -0.878. The zero-order chi connectivity index (χ0) is 8.60. The SMILES string of the molecule is O=C([O-])C1(c2ncn[nH]2)CCC1.[Li+]. The summed E-state index contributed by atoms with van der Waals surface area (Å²) in [5.74, 6) is -0.626. The van der Waals surface area contributed by atoms with Gasteiger partial charge in [-0.05, 0) is 12.8 Å². The average Bonchev–Trinajstić information content (AvgIpc) is 2.35. The summed E-state index contributed by atoms with van der Waals surface area (Å²) in [5, 5.41) is 17.0. The number of aromatic nitrogens is 3. The van der Waals surface area contributed by atoms with Crippen molar-refractivity contribution in [2.45, 2.75) is 24.7 Å². The molecule has 0 atom stereocenters. The van der Waals surface area contributed by atoms with E-state index in [1.807, 2.05) is 0 Å². The largest absolute Gasteiger partial charge is 1.00 e. The van der Waals surface area contributed by atoms with Crippen molar-refractivity contribution in [2.75, 3.05) is 0 Å². The fraction of sp³-hybridized carbons (Fsp3) is 0.571. The van der Waals surface area contributed by atoms with Crippen LogP contribution in [0.2, 0.25) is 0 Å². The molecule has 0 aromatic carbocycles. The molecular formula is C7H8LiN3O2. The Hall–Kier alpha value is -0.793. The third-order valence-corrected chi connectivity index (χ3v) is 2.47. The second-order valence-electron chi connectivity index (χ2n) is 3.06. The second-order valence-corrected chi connectivity index (χ2v) is 3.06. The topological polar surface area (TPSA) is 81.7 Å². The van der Waals surface area contributed by atoms with Crippen LogP contribution in [-0.4, -0.2) is 21.2 Å². The van der Waals surface area contributed by atoms with E-state index in [4.69, 9.17) is 0 Å². The number of rotatable bonds is 2. The van der Waals surface area contributed by atoms with Gasteiger partial charge < -0.3 is 9.90 Å². The molecule has 0 amide bonds. The van der Waals surface area contributed by atoms with Gasteiger partial charge in [0.1, 0.15) is 12.2 Å². The molecule has 1 aromatic rings. The number of nitrogens with one attached hydrogen (secondary N) is 1. The van der Waals surface area contributed by atoms with Crippen molar-refractivity contribution in [3.63, 3.8) is 0 Å². The second kappa shape index (κ2) is 3.52. The standard InChI is InChI=1S/C7H9N3O2.Li/c11-6(12)7(2-1-3-7)5-8-4-9-10-5;/h4H,1-3H2,(H,11,12)(H,8,9,10);/q;+1/p-1. The van der Waals surface area contributed by atoms with E-state index in [2.05, 4.69) is 15.2 Å². The van der Waals surface area contributed by atoms with Crippen LogP contribution in [0.15, 0.2) is 6.33 Å². The molecule has 1 fully saturated rings. The number of aromatic amines is 1. The van der Waals surface area contributed by atoms with Gasteiger partial charge in [0.2, 0.25) is 0 Å². The zero-order valence-corrected chi connectivity index (χ0v) is 7.41. The van der Waals surface area contributed by atoms with Gasteiger partial charge in [-0.15, -0.1) is 0 Å². The van der Waals surface area contributed by atoms with Gasteiger partial charge in [-0.3, -0.25) is 5.10 Å². The summed E-state index contributed by atoms with van der Waals surface area (Å²) in [6.45, 7) is 0.